The Hall–Kier alpha value is -2.86. The SMILES string of the molecule is CCCN1C(=O)C(O)=C(C(=O)c2cccs2)C1c1c(C)[nH]c2ccccc12. The Bertz CT molecular complexity index is 1060. The summed E-state index contributed by atoms with van der Waals surface area (Å²) in [5.41, 5.74) is 2.88. The highest BCUT2D eigenvalue weighted by atomic mass is 32.1. The molecule has 0 saturated heterocycles. The van der Waals surface area contributed by atoms with Gasteiger partial charge in [-0.15, -0.1) is 11.3 Å². The molecule has 3 heterocycles. The Morgan fingerprint density at radius 2 is 2.04 bits per heavy atom. The van der Waals surface area contributed by atoms with Gasteiger partial charge < -0.3 is 15.0 Å². The van der Waals surface area contributed by atoms with Crippen LogP contribution in [-0.2, 0) is 4.79 Å². The second-order valence-corrected chi connectivity index (χ2v) is 7.63. The fourth-order valence-corrected chi connectivity index (χ4v) is 4.53. The molecule has 1 aromatic carbocycles. The summed E-state index contributed by atoms with van der Waals surface area (Å²) in [6.07, 6.45) is 0.734. The number of rotatable bonds is 5. The van der Waals surface area contributed by atoms with Crippen molar-refractivity contribution in [2.45, 2.75) is 26.3 Å². The smallest absolute Gasteiger partial charge is 0.290 e. The van der Waals surface area contributed by atoms with Gasteiger partial charge >= 0.3 is 0 Å². The molecule has 0 aliphatic carbocycles. The third kappa shape index (κ3) is 2.68. The number of para-hydroxylation sites is 1. The lowest BCUT2D eigenvalue weighted by molar-refractivity contribution is -0.129. The molecule has 0 bridgehead atoms. The zero-order valence-electron chi connectivity index (χ0n) is 15.2. The fourth-order valence-electron chi connectivity index (χ4n) is 3.85. The molecule has 2 aromatic heterocycles. The zero-order chi connectivity index (χ0) is 19.1. The second kappa shape index (κ2) is 6.70. The molecule has 4 rings (SSSR count). The predicted molar refractivity (Wildman–Crippen MR) is 106 cm³/mol. The highest BCUT2D eigenvalue weighted by molar-refractivity contribution is 7.12. The summed E-state index contributed by atoms with van der Waals surface area (Å²) in [5, 5.41) is 13.4. The topological polar surface area (TPSA) is 73.4 Å². The van der Waals surface area contributed by atoms with Crippen LogP contribution in [0.25, 0.3) is 10.9 Å². The van der Waals surface area contributed by atoms with Crippen molar-refractivity contribution in [3.63, 3.8) is 0 Å². The van der Waals surface area contributed by atoms with E-state index in [0.29, 0.717) is 11.4 Å². The van der Waals surface area contributed by atoms with Crippen molar-refractivity contribution < 1.29 is 14.7 Å². The lowest BCUT2D eigenvalue weighted by Gasteiger charge is -2.26. The summed E-state index contributed by atoms with van der Waals surface area (Å²) in [7, 11) is 0. The molecular formula is C21H20N2O3S. The number of nitrogens with one attached hydrogen (secondary N) is 1. The first kappa shape index (κ1) is 17.5. The van der Waals surface area contributed by atoms with Crippen LogP contribution >= 0.6 is 11.3 Å². The Balaban J connectivity index is 1.94. The van der Waals surface area contributed by atoms with Gasteiger partial charge in [0.25, 0.3) is 5.91 Å². The Morgan fingerprint density at radius 1 is 1.26 bits per heavy atom. The number of aromatic amines is 1. The molecule has 1 aliphatic rings. The maximum atomic E-state index is 13.2. The minimum atomic E-state index is -0.594. The maximum Gasteiger partial charge on any atom is 0.290 e. The number of amides is 1. The number of thiophene rings is 1. The molecule has 1 unspecified atom stereocenters. The molecule has 2 N–H and O–H groups in total. The van der Waals surface area contributed by atoms with E-state index in [1.54, 1.807) is 17.0 Å². The lowest BCUT2D eigenvalue weighted by atomic mass is 9.93. The van der Waals surface area contributed by atoms with E-state index in [2.05, 4.69) is 4.98 Å². The van der Waals surface area contributed by atoms with Gasteiger partial charge in [0.15, 0.2) is 5.76 Å². The third-order valence-electron chi connectivity index (χ3n) is 4.97. The van der Waals surface area contributed by atoms with Crippen LogP contribution in [-0.4, -0.2) is 33.2 Å². The molecule has 1 atom stereocenters. The normalized spacial score (nSPS) is 17.3. The van der Waals surface area contributed by atoms with E-state index in [0.717, 1.165) is 28.6 Å². The highest BCUT2D eigenvalue weighted by Gasteiger charge is 2.45. The summed E-state index contributed by atoms with van der Waals surface area (Å²) in [4.78, 5) is 31.4. The number of aryl methyl sites for hydroxylation is 1. The van der Waals surface area contributed by atoms with Crippen LogP contribution in [0.3, 0.4) is 0 Å². The van der Waals surface area contributed by atoms with Gasteiger partial charge in [0, 0.05) is 28.7 Å². The van der Waals surface area contributed by atoms with Crippen molar-refractivity contribution in [2.24, 2.45) is 0 Å². The average molecular weight is 380 g/mol. The first-order chi connectivity index (χ1) is 13.0. The number of carbonyl (C=O) groups excluding carboxylic acids is 2. The molecular weight excluding hydrogens is 360 g/mol. The van der Waals surface area contributed by atoms with Crippen LogP contribution in [0.5, 0.6) is 0 Å². The number of carbonyl (C=O) groups is 2. The van der Waals surface area contributed by atoms with Gasteiger partial charge in [-0.25, -0.2) is 0 Å². The number of nitrogens with zero attached hydrogens (tertiary/aromatic N) is 1. The molecule has 0 spiro atoms. The van der Waals surface area contributed by atoms with Crippen molar-refractivity contribution in [1.29, 1.82) is 0 Å². The van der Waals surface area contributed by atoms with Gasteiger partial charge in [0.1, 0.15) is 0 Å². The molecule has 1 aliphatic heterocycles. The molecule has 6 heteroatoms. The summed E-state index contributed by atoms with van der Waals surface area (Å²) in [5.74, 6) is -1.20. The van der Waals surface area contributed by atoms with Crippen LogP contribution in [0, 0.1) is 6.92 Å². The quantitative estimate of drug-likeness (QED) is 0.639. The van der Waals surface area contributed by atoms with Gasteiger partial charge in [-0.2, -0.15) is 0 Å². The van der Waals surface area contributed by atoms with Crippen LogP contribution in [0.4, 0.5) is 0 Å². The van der Waals surface area contributed by atoms with E-state index < -0.39 is 17.7 Å². The van der Waals surface area contributed by atoms with Crippen molar-refractivity contribution in [2.75, 3.05) is 6.54 Å². The third-order valence-corrected chi connectivity index (χ3v) is 5.84. The number of H-pyrrole nitrogens is 1. The molecule has 5 nitrogen and oxygen atoms in total. The molecule has 0 saturated carbocycles. The molecule has 1 amide bonds. The molecule has 138 valence electrons. The average Bonchev–Trinajstić information content (AvgIpc) is 3.35. The second-order valence-electron chi connectivity index (χ2n) is 6.68. The van der Waals surface area contributed by atoms with Crippen molar-refractivity contribution >= 4 is 33.9 Å². The van der Waals surface area contributed by atoms with Gasteiger partial charge in [0.05, 0.1) is 16.5 Å². The zero-order valence-corrected chi connectivity index (χ0v) is 16.0. The van der Waals surface area contributed by atoms with E-state index >= 15 is 0 Å². The lowest BCUT2D eigenvalue weighted by Crippen LogP contribution is -2.32. The Kier molecular flexibility index (Phi) is 4.36. The maximum absolute atomic E-state index is 13.2. The predicted octanol–water partition coefficient (Wildman–Crippen LogP) is 4.53. The van der Waals surface area contributed by atoms with Gasteiger partial charge in [-0.05, 0) is 30.9 Å². The van der Waals surface area contributed by atoms with E-state index in [4.69, 9.17) is 0 Å². The minimum absolute atomic E-state index is 0.170. The first-order valence-corrected chi connectivity index (χ1v) is 9.82. The number of hydrogen-bond acceptors (Lipinski definition) is 4. The van der Waals surface area contributed by atoms with Crippen molar-refractivity contribution in [3.05, 3.63) is 69.2 Å². The monoisotopic (exact) mass is 380 g/mol. The molecule has 0 fully saturated rings. The fraction of sp³-hybridized carbons (Fsp3) is 0.238. The van der Waals surface area contributed by atoms with Crippen LogP contribution < -0.4 is 0 Å². The number of ketones is 1. The summed E-state index contributed by atoms with van der Waals surface area (Å²) < 4.78 is 0. The van der Waals surface area contributed by atoms with Crippen LogP contribution in [0.1, 0.15) is 40.3 Å². The Labute approximate surface area is 160 Å². The molecule has 0 radical (unpaired) electrons. The minimum Gasteiger partial charge on any atom is -0.503 e. The van der Waals surface area contributed by atoms with E-state index in [1.807, 2.05) is 43.5 Å². The number of aromatic nitrogens is 1. The van der Waals surface area contributed by atoms with E-state index in [9.17, 15) is 14.7 Å². The van der Waals surface area contributed by atoms with Crippen LogP contribution in [0.2, 0.25) is 0 Å². The highest BCUT2D eigenvalue weighted by Crippen LogP contribution is 2.43. The summed E-state index contributed by atoms with van der Waals surface area (Å²) in [6.45, 7) is 4.38. The van der Waals surface area contributed by atoms with E-state index in [-0.39, 0.29) is 11.4 Å². The van der Waals surface area contributed by atoms with Gasteiger partial charge in [0.2, 0.25) is 5.78 Å². The number of aliphatic hydroxyl groups excluding tert-OH is 1. The summed E-state index contributed by atoms with van der Waals surface area (Å²) >= 11 is 1.31. The number of aliphatic hydroxyl groups is 1. The summed E-state index contributed by atoms with van der Waals surface area (Å²) in [6, 6.07) is 10.7. The number of fused-ring (bicyclic) bond motifs is 1. The molecule has 3 aromatic rings. The number of benzene rings is 1. The van der Waals surface area contributed by atoms with Crippen molar-refractivity contribution in [1.82, 2.24) is 9.88 Å². The first-order valence-electron chi connectivity index (χ1n) is 8.94. The van der Waals surface area contributed by atoms with Crippen LogP contribution in [0.15, 0.2) is 53.1 Å². The molecule has 27 heavy (non-hydrogen) atoms. The van der Waals surface area contributed by atoms with E-state index in [1.165, 1.54) is 11.3 Å². The van der Waals surface area contributed by atoms with Gasteiger partial charge in [-0.3, -0.25) is 9.59 Å². The Morgan fingerprint density at radius 3 is 2.74 bits per heavy atom. The number of hydrogen-bond donors (Lipinski definition) is 2. The largest absolute Gasteiger partial charge is 0.503 e. The standard InChI is InChI=1S/C21H20N2O3S/c1-3-10-23-18(16-12(2)22-14-8-5-4-7-13(14)16)17(20(25)21(23)26)19(24)15-9-6-11-27-15/h4-9,11,18,22,25H,3,10H2,1-2H3. The van der Waals surface area contributed by atoms with Crippen molar-refractivity contribution in [3.8, 4) is 0 Å². The van der Waals surface area contributed by atoms with Gasteiger partial charge in [-0.1, -0.05) is 31.2 Å². The number of Topliss-reactive ketones (excluding diaryl/α,β-unsaturated/α-hetero) is 1.